The molecule has 2 atom stereocenters. The molecule has 0 aromatic carbocycles. The van der Waals surface area contributed by atoms with Crippen LogP contribution in [0.2, 0.25) is 0 Å². The number of hydrogen-bond acceptors (Lipinski definition) is 2. The molecule has 2 aliphatic rings. The number of thioether (sulfide) groups is 2. The Labute approximate surface area is 80.9 Å². The molecule has 0 nitrogen and oxygen atoms in total. The maximum absolute atomic E-state index is 2.39. The normalized spacial score (nSPS) is 33.8. The van der Waals surface area contributed by atoms with Gasteiger partial charge in [-0.1, -0.05) is 0 Å². The standard InChI is InChI=1S/C8H8S2Se/c1-2-8(6-4-10-6)11-7(1)5-3-9-5/h1-2,5-6H,3-4H2. The third-order valence-corrected chi connectivity index (χ3v) is 7.22. The zero-order valence-electron chi connectivity index (χ0n) is 5.95. The first-order valence-electron chi connectivity index (χ1n) is 3.76. The number of rotatable bonds is 2. The second-order valence-corrected chi connectivity index (χ2v) is 7.76. The quantitative estimate of drug-likeness (QED) is 0.581. The second kappa shape index (κ2) is 2.59. The van der Waals surface area contributed by atoms with Crippen LogP contribution in [0.25, 0.3) is 0 Å². The molecule has 2 saturated heterocycles. The van der Waals surface area contributed by atoms with Crippen LogP contribution in [-0.2, 0) is 0 Å². The predicted molar refractivity (Wildman–Crippen MR) is 53.8 cm³/mol. The average molecular weight is 247 g/mol. The van der Waals surface area contributed by atoms with Gasteiger partial charge in [0, 0.05) is 0 Å². The van der Waals surface area contributed by atoms with Crippen LogP contribution < -0.4 is 0 Å². The molecule has 0 saturated carbocycles. The van der Waals surface area contributed by atoms with E-state index >= 15 is 0 Å². The molecule has 0 bridgehead atoms. The molecule has 3 rings (SSSR count). The van der Waals surface area contributed by atoms with E-state index in [9.17, 15) is 0 Å². The Morgan fingerprint density at radius 3 is 1.91 bits per heavy atom. The summed E-state index contributed by atoms with van der Waals surface area (Å²) in [7, 11) is 0. The van der Waals surface area contributed by atoms with Gasteiger partial charge in [-0.3, -0.25) is 0 Å². The van der Waals surface area contributed by atoms with Crippen molar-refractivity contribution in [1.29, 1.82) is 0 Å². The van der Waals surface area contributed by atoms with Crippen molar-refractivity contribution in [3.8, 4) is 0 Å². The number of hydrogen-bond donors (Lipinski definition) is 0. The molecule has 2 aliphatic heterocycles. The van der Waals surface area contributed by atoms with Crippen molar-refractivity contribution >= 4 is 38.0 Å². The van der Waals surface area contributed by atoms with E-state index in [4.69, 9.17) is 0 Å². The van der Waals surface area contributed by atoms with E-state index in [1.54, 1.807) is 8.87 Å². The Morgan fingerprint density at radius 2 is 1.55 bits per heavy atom. The molecule has 0 spiro atoms. The summed E-state index contributed by atoms with van der Waals surface area (Å²) in [6.45, 7) is 0. The molecule has 1 aromatic rings. The molecule has 1 aromatic heterocycles. The first kappa shape index (κ1) is 7.14. The molecule has 0 radical (unpaired) electrons. The first-order valence-corrected chi connectivity index (χ1v) is 7.57. The van der Waals surface area contributed by atoms with E-state index in [1.165, 1.54) is 11.5 Å². The molecule has 3 heteroatoms. The first-order chi connectivity index (χ1) is 5.43. The molecule has 0 amide bonds. The summed E-state index contributed by atoms with van der Waals surface area (Å²) in [5, 5.41) is 1.87. The predicted octanol–water partition coefficient (Wildman–Crippen LogP) is 2.32. The van der Waals surface area contributed by atoms with Gasteiger partial charge in [-0.25, -0.2) is 0 Å². The molecular formula is C8H8S2Se. The maximum atomic E-state index is 2.39. The molecular weight excluding hydrogens is 239 g/mol. The van der Waals surface area contributed by atoms with Crippen LogP contribution in [0, 0.1) is 0 Å². The van der Waals surface area contributed by atoms with Gasteiger partial charge in [0.2, 0.25) is 0 Å². The van der Waals surface area contributed by atoms with Gasteiger partial charge in [0.1, 0.15) is 0 Å². The summed E-state index contributed by atoms with van der Waals surface area (Å²) in [4.78, 5) is 0. The van der Waals surface area contributed by atoms with E-state index in [-0.39, 0.29) is 0 Å². The van der Waals surface area contributed by atoms with Gasteiger partial charge >= 0.3 is 81.0 Å². The van der Waals surface area contributed by atoms with E-state index in [0.29, 0.717) is 0 Å². The summed E-state index contributed by atoms with van der Waals surface area (Å²) >= 11 is 4.97. The fourth-order valence-corrected chi connectivity index (χ4v) is 6.05. The van der Waals surface area contributed by atoms with Crippen LogP contribution in [-0.4, -0.2) is 26.0 Å². The zero-order valence-corrected chi connectivity index (χ0v) is 9.29. The van der Waals surface area contributed by atoms with Crippen LogP contribution in [0.5, 0.6) is 0 Å². The fraction of sp³-hybridized carbons (Fsp3) is 0.500. The van der Waals surface area contributed by atoms with Gasteiger partial charge < -0.3 is 0 Å². The van der Waals surface area contributed by atoms with Crippen molar-refractivity contribution in [3.05, 3.63) is 21.0 Å². The molecule has 2 unspecified atom stereocenters. The van der Waals surface area contributed by atoms with E-state index in [1.807, 2.05) is 0 Å². The molecule has 58 valence electrons. The molecule has 0 N–H and O–H groups in total. The summed E-state index contributed by atoms with van der Waals surface area (Å²) in [6, 6.07) is 4.78. The van der Waals surface area contributed by atoms with E-state index < -0.39 is 0 Å². The van der Waals surface area contributed by atoms with Crippen LogP contribution in [0.4, 0.5) is 0 Å². The Hall–Kier alpha value is 0.699. The van der Waals surface area contributed by atoms with Gasteiger partial charge in [0.15, 0.2) is 0 Å². The van der Waals surface area contributed by atoms with Crippen molar-refractivity contribution in [1.82, 2.24) is 0 Å². The fourth-order valence-electron chi connectivity index (χ4n) is 1.14. The van der Waals surface area contributed by atoms with Gasteiger partial charge in [-0.15, -0.1) is 0 Å². The summed E-state index contributed by atoms with van der Waals surface area (Å²) < 4.78 is 3.51. The molecule has 11 heavy (non-hydrogen) atoms. The monoisotopic (exact) mass is 248 g/mol. The Balaban J connectivity index is 1.88. The van der Waals surface area contributed by atoms with E-state index in [0.717, 1.165) is 25.0 Å². The van der Waals surface area contributed by atoms with Crippen LogP contribution in [0.15, 0.2) is 12.1 Å². The third kappa shape index (κ3) is 1.44. The second-order valence-electron chi connectivity index (χ2n) is 2.88. The van der Waals surface area contributed by atoms with Gasteiger partial charge in [-0.05, 0) is 0 Å². The Morgan fingerprint density at radius 1 is 1.09 bits per heavy atom. The topological polar surface area (TPSA) is 0 Å². The van der Waals surface area contributed by atoms with Crippen molar-refractivity contribution in [2.45, 2.75) is 10.5 Å². The van der Waals surface area contributed by atoms with Gasteiger partial charge in [0.25, 0.3) is 0 Å². The van der Waals surface area contributed by atoms with Crippen molar-refractivity contribution in [3.63, 3.8) is 0 Å². The van der Waals surface area contributed by atoms with Crippen LogP contribution >= 0.6 is 23.5 Å². The van der Waals surface area contributed by atoms with Crippen molar-refractivity contribution in [2.24, 2.45) is 0 Å². The summed E-state index contributed by atoms with van der Waals surface area (Å²) in [6.07, 6.45) is 0. The Kier molecular flexibility index (Phi) is 1.68. The molecule has 3 heterocycles. The van der Waals surface area contributed by atoms with Gasteiger partial charge in [-0.2, -0.15) is 0 Å². The summed E-state index contributed by atoms with van der Waals surface area (Å²) in [5.41, 5.74) is 0. The van der Waals surface area contributed by atoms with Gasteiger partial charge in [0.05, 0.1) is 0 Å². The van der Waals surface area contributed by atoms with Crippen LogP contribution in [0.1, 0.15) is 19.4 Å². The molecule has 0 aliphatic carbocycles. The zero-order chi connectivity index (χ0) is 7.26. The van der Waals surface area contributed by atoms with E-state index in [2.05, 4.69) is 35.7 Å². The third-order valence-electron chi connectivity index (χ3n) is 1.95. The molecule has 2 fully saturated rings. The van der Waals surface area contributed by atoms with Crippen molar-refractivity contribution < 1.29 is 0 Å². The SMILES string of the molecule is c1cc(C2CS2)[se]c1C1CS1. The summed E-state index contributed by atoms with van der Waals surface area (Å²) in [5.74, 6) is 2.79. The minimum absolute atomic E-state index is 0.752. The minimum atomic E-state index is 0.752. The van der Waals surface area contributed by atoms with Crippen LogP contribution in [0.3, 0.4) is 0 Å². The Bertz CT molecular complexity index is 247. The van der Waals surface area contributed by atoms with Crippen molar-refractivity contribution in [2.75, 3.05) is 11.5 Å². The average Bonchev–Trinajstić information content (AvgIpc) is 2.90.